The summed E-state index contributed by atoms with van der Waals surface area (Å²) in [5.41, 5.74) is 4.79. The maximum Gasteiger partial charge on any atom is 0.434 e. The zero-order valence-electron chi connectivity index (χ0n) is 7.72. The van der Waals surface area contributed by atoms with E-state index in [-0.39, 0.29) is 10.9 Å². The van der Waals surface area contributed by atoms with Crippen LogP contribution in [0.1, 0.15) is 5.69 Å². The average molecular weight is 248 g/mol. The first-order chi connectivity index (χ1) is 7.38. The predicted molar refractivity (Wildman–Crippen MR) is 54.0 cm³/mol. The summed E-state index contributed by atoms with van der Waals surface area (Å²) in [6.45, 7) is 0. The first kappa shape index (κ1) is 10.9. The Morgan fingerprint density at radius 3 is 2.50 bits per heavy atom. The zero-order chi connectivity index (χ0) is 11.9. The van der Waals surface area contributed by atoms with Crippen molar-refractivity contribution in [2.24, 2.45) is 0 Å². The second-order valence-corrected chi connectivity index (χ2v) is 3.45. The van der Waals surface area contributed by atoms with Crippen molar-refractivity contribution in [2.45, 2.75) is 6.18 Å². The Morgan fingerprint density at radius 2 is 1.88 bits per heavy atom. The molecule has 84 valence electrons. The van der Waals surface area contributed by atoms with E-state index in [2.05, 4.69) is 9.97 Å². The number of nitrogens with zero attached hydrogens (tertiary/aromatic N) is 2. The van der Waals surface area contributed by atoms with Gasteiger partial charge in [0.2, 0.25) is 5.28 Å². The summed E-state index contributed by atoms with van der Waals surface area (Å²) in [6, 6.07) is 3.90. The van der Waals surface area contributed by atoms with Crippen LogP contribution in [0.25, 0.3) is 10.9 Å². The van der Waals surface area contributed by atoms with Crippen LogP contribution >= 0.6 is 11.6 Å². The molecule has 0 aliphatic rings. The van der Waals surface area contributed by atoms with Gasteiger partial charge in [0.1, 0.15) is 0 Å². The highest BCUT2D eigenvalue weighted by Gasteiger charge is 2.35. The molecule has 1 heterocycles. The Hall–Kier alpha value is -1.56. The molecule has 0 unspecified atom stereocenters. The molecule has 1 aromatic heterocycles. The standard InChI is InChI=1S/C9H5ClF3N3/c10-8-15-6-3-4(14)1-2-5(6)7(16-8)9(11,12)13/h1-3H,14H2. The quantitative estimate of drug-likeness (QED) is 0.575. The topological polar surface area (TPSA) is 51.8 Å². The molecule has 0 radical (unpaired) electrons. The minimum atomic E-state index is -4.57. The van der Waals surface area contributed by atoms with Gasteiger partial charge in [-0.05, 0) is 29.8 Å². The van der Waals surface area contributed by atoms with Gasteiger partial charge in [-0.25, -0.2) is 9.97 Å². The van der Waals surface area contributed by atoms with E-state index in [1.54, 1.807) is 0 Å². The molecule has 0 aliphatic carbocycles. The second kappa shape index (κ2) is 3.48. The molecule has 16 heavy (non-hydrogen) atoms. The van der Waals surface area contributed by atoms with Crippen LogP contribution in [0.3, 0.4) is 0 Å². The van der Waals surface area contributed by atoms with Gasteiger partial charge in [0, 0.05) is 11.1 Å². The molecule has 3 nitrogen and oxygen atoms in total. The molecular weight excluding hydrogens is 243 g/mol. The van der Waals surface area contributed by atoms with Gasteiger partial charge in [0.15, 0.2) is 5.69 Å². The Morgan fingerprint density at radius 1 is 1.19 bits per heavy atom. The molecule has 2 rings (SSSR count). The maximum absolute atomic E-state index is 12.6. The van der Waals surface area contributed by atoms with Crippen LogP contribution in [0.2, 0.25) is 5.28 Å². The molecule has 0 bridgehead atoms. The minimum absolute atomic E-state index is 0.0762. The number of aromatic nitrogens is 2. The first-order valence-corrected chi connectivity index (χ1v) is 4.56. The van der Waals surface area contributed by atoms with E-state index < -0.39 is 17.2 Å². The van der Waals surface area contributed by atoms with Gasteiger partial charge in [0.25, 0.3) is 0 Å². The van der Waals surface area contributed by atoms with Crippen molar-refractivity contribution >= 4 is 28.2 Å². The number of nitrogen functional groups attached to an aromatic ring is 1. The highest BCUT2D eigenvalue weighted by atomic mass is 35.5. The summed E-state index contributed by atoms with van der Waals surface area (Å²) < 4.78 is 37.9. The molecule has 2 N–H and O–H groups in total. The number of hydrogen-bond donors (Lipinski definition) is 1. The van der Waals surface area contributed by atoms with Crippen molar-refractivity contribution in [3.8, 4) is 0 Å². The molecule has 0 saturated heterocycles. The number of anilines is 1. The Kier molecular flexibility index (Phi) is 2.38. The van der Waals surface area contributed by atoms with Crippen LogP contribution in [-0.2, 0) is 6.18 Å². The van der Waals surface area contributed by atoms with Crippen molar-refractivity contribution in [2.75, 3.05) is 5.73 Å². The lowest BCUT2D eigenvalue weighted by molar-refractivity contribution is -0.139. The minimum Gasteiger partial charge on any atom is -0.399 e. The van der Waals surface area contributed by atoms with Crippen molar-refractivity contribution in [1.82, 2.24) is 9.97 Å². The van der Waals surface area contributed by atoms with Crippen molar-refractivity contribution in [3.05, 3.63) is 29.2 Å². The Balaban J connectivity index is 2.83. The SMILES string of the molecule is Nc1ccc2c(C(F)(F)F)nc(Cl)nc2c1. The van der Waals surface area contributed by atoms with E-state index in [1.807, 2.05) is 0 Å². The highest BCUT2D eigenvalue weighted by Crippen LogP contribution is 2.33. The average Bonchev–Trinajstić information content (AvgIpc) is 2.14. The zero-order valence-corrected chi connectivity index (χ0v) is 8.47. The lowest BCUT2D eigenvalue weighted by Gasteiger charge is -2.09. The van der Waals surface area contributed by atoms with Gasteiger partial charge < -0.3 is 5.73 Å². The van der Waals surface area contributed by atoms with Crippen molar-refractivity contribution in [3.63, 3.8) is 0 Å². The number of alkyl halides is 3. The molecule has 0 atom stereocenters. The maximum atomic E-state index is 12.6. The van der Waals surface area contributed by atoms with E-state index in [0.29, 0.717) is 5.69 Å². The van der Waals surface area contributed by atoms with Gasteiger partial charge in [-0.15, -0.1) is 0 Å². The predicted octanol–water partition coefficient (Wildman–Crippen LogP) is 2.88. The Labute approximate surface area is 93.1 Å². The number of halogens is 4. The molecule has 7 heteroatoms. The van der Waals surface area contributed by atoms with E-state index >= 15 is 0 Å². The van der Waals surface area contributed by atoms with E-state index in [1.165, 1.54) is 18.2 Å². The first-order valence-electron chi connectivity index (χ1n) is 4.18. The lowest BCUT2D eigenvalue weighted by atomic mass is 10.1. The summed E-state index contributed by atoms with van der Waals surface area (Å²) in [6.07, 6.45) is -4.57. The van der Waals surface area contributed by atoms with Crippen LogP contribution in [0.5, 0.6) is 0 Å². The third-order valence-corrected chi connectivity index (χ3v) is 2.13. The molecule has 0 aliphatic heterocycles. The largest absolute Gasteiger partial charge is 0.434 e. The van der Waals surface area contributed by atoms with E-state index in [9.17, 15) is 13.2 Å². The summed E-state index contributed by atoms with van der Waals surface area (Å²) in [4.78, 5) is 6.88. The summed E-state index contributed by atoms with van der Waals surface area (Å²) in [5, 5.41) is -0.573. The molecule has 0 fully saturated rings. The molecule has 1 aromatic carbocycles. The van der Waals surface area contributed by atoms with Crippen LogP contribution in [0.4, 0.5) is 18.9 Å². The second-order valence-electron chi connectivity index (χ2n) is 3.12. The fourth-order valence-electron chi connectivity index (χ4n) is 1.33. The van der Waals surface area contributed by atoms with Crippen LogP contribution in [-0.4, -0.2) is 9.97 Å². The normalized spacial score (nSPS) is 12.0. The Bertz CT molecular complexity index is 548. The van der Waals surface area contributed by atoms with Crippen molar-refractivity contribution < 1.29 is 13.2 Å². The molecule has 0 saturated carbocycles. The number of rotatable bonds is 0. The number of fused-ring (bicyclic) bond motifs is 1. The lowest BCUT2D eigenvalue weighted by Crippen LogP contribution is -2.10. The number of nitrogens with two attached hydrogens (primary N) is 1. The fraction of sp³-hybridized carbons (Fsp3) is 0.111. The summed E-state index contributed by atoms with van der Waals surface area (Å²) >= 11 is 5.42. The van der Waals surface area contributed by atoms with E-state index in [4.69, 9.17) is 17.3 Å². The van der Waals surface area contributed by atoms with Crippen LogP contribution < -0.4 is 5.73 Å². The van der Waals surface area contributed by atoms with Crippen LogP contribution in [0.15, 0.2) is 18.2 Å². The van der Waals surface area contributed by atoms with Gasteiger partial charge in [-0.2, -0.15) is 13.2 Å². The van der Waals surface area contributed by atoms with Crippen molar-refractivity contribution in [1.29, 1.82) is 0 Å². The smallest absolute Gasteiger partial charge is 0.399 e. The van der Waals surface area contributed by atoms with Crippen LogP contribution in [0, 0.1) is 0 Å². The summed E-state index contributed by atoms with van der Waals surface area (Å²) in [5.74, 6) is 0. The summed E-state index contributed by atoms with van der Waals surface area (Å²) in [7, 11) is 0. The molecule has 0 amide bonds. The fourth-order valence-corrected chi connectivity index (χ4v) is 1.51. The highest BCUT2D eigenvalue weighted by molar-refractivity contribution is 6.28. The molecule has 0 spiro atoms. The third-order valence-electron chi connectivity index (χ3n) is 1.96. The van der Waals surface area contributed by atoms with Gasteiger partial charge in [-0.3, -0.25) is 0 Å². The van der Waals surface area contributed by atoms with E-state index in [0.717, 1.165) is 0 Å². The van der Waals surface area contributed by atoms with Gasteiger partial charge >= 0.3 is 6.18 Å². The molecular formula is C9H5ClF3N3. The third kappa shape index (κ3) is 1.88. The monoisotopic (exact) mass is 247 g/mol. The number of benzene rings is 1. The van der Waals surface area contributed by atoms with Gasteiger partial charge in [-0.1, -0.05) is 0 Å². The van der Waals surface area contributed by atoms with Gasteiger partial charge in [0.05, 0.1) is 5.52 Å². The molecule has 2 aromatic rings. The number of hydrogen-bond acceptors (Lipinski definition) is 3.